The van der Waals surface area contributed by atoms with Crippen LogP contribution in [0.2, 0.25) is 0 Å². The second kappa shape index (κ2) is 21.9. The second-order valence-electron chi connectivity index (χ2n) is 12.2. The Kier molecular flexibility index (Phi) is 18.1. The van der Waals surface area contributed by atoms with Crippen LogP contribution < -0.4 is 0 Å². The summed E-state index contributed by atoms with van der Waals surface area (Å²) in [5.41, 5.74) is 0. The summed E-state index contributed by atoms with van der Waals surface area (Å²) in [6.45, 7) is 6.24. The van der Waals surface area contributed by atoms with Gasteiger partial charge in [-0.3, -0.25) is 33.6 Å². The molecule has 2 aliphatic heterocycles. The summed E-state index contributed by atoms with van der Waals surface area (Å²) in [4.78, 5) is 86.8. The SMILES string of the molecule is CC(=O)OC[C@H]1O[C@H](O[C@H]2[C@H](OC(C)=O)[C@@H](OC(C)=O)[C@H](OCC(Cl)CSc3ccccc3)O[C@@H]2COC(C)=O)[C@H](OC(C)=O)[C@@H](OC(C)=O)[C@@H]1OC(C)=O. The molecule has 0 amide bonds. The van der Waals surface area contributed by atoms with Gasteiger partial charge in [0.15, 0.2) is 43.1 Å². The molecule has 0 radical (unpaired) electrons. The van der Waals surface area contributed by atoms with E-state index in [9.17, 15) is 33.6 Å². The molecular weight excluding hydrogens is 776 g/mol. The van der Waals surface area contributed by atoms with Crippen LogP contribution in [0.25, 0.3) is 0 Å². The number of hydrogen-bond acceptors (Lipinski definition) is 19. The van der Waals surface area contributed by atoms with Crippen LogP contribution in [0, 0.1) is 0 Å². The van der Waals surface area contributed by atoms with Gasteiger partial charge in [0.25, 0.3) is 0 Å². The smallest absolute Gasteiger partial charge is 0.303 e. The molecule has 20 heteroatoms. The number of benzene rings is 1. The maximum absolute atomic E-state index is 12.6. The van der Waals surface area contributed by atoms with Crippen molar-refractivity contribution in [3.8, 4) is 0 Å². The third-order valence-electron chi connectivity index (χ3n) is 7.50. The Hall–Kier alpha value is -4.01. The van der Waals surface area contributed by atoms with Crippen molar-refractivity contribution in [2.45, 2.75) is 120 Å². The lowest BCUT2D eigenvalue weighted by Crippen LogP contribution is -2.67. The molecule has 306 valence electrons. The predicted molar refractivity (Wildman–Crippen MR) is 186 cm³/mol. The van der Waals surface area contributed by atoms with E-state index >= 15 is 0 Å². The van der Waals surface area contributed by atoms with Crippen molar-refractivity contribution >= 4 is 65.1 Å². The molecule has 2 heterocycles. The van der Waals surface area contributed by atoms with Gasteiger partial charge in [-0.25, -0.2) is 0 Å². The third kappa shape index (κ3) is 14.9. The van der Waals surface area contributed by atoms with Crippen molar-refractivity contribution in [1.82, 2.24) is 0 Å². The van der Waals surface area contributed by atoms with Gasteiger partial charge < -0.3 is 52.1 Å². The number of rotatable bonds is 17. The highest BCUT2D eigenvalue weighted by Gasteiger charge is 2.57. The van der Waals surface area contributed by atoms with Crippen molar-refractivity contribution in [2.75, 3.05) is 25.6 Å². The largest absolute Gasteiger partial charge is 0.463 e. The first kappa shape index (κ1) is 45.4. The van der Waals surface area contributed by atoms with Gasteiger partial charge >= 0.3 is 41.8 Å². The number of thioether (sulfide) groups is 1. The zero-order valence-electron chi connectivity index (χ0n) is 31.2. The first-order valence-electron chi connectivity index (χ1n) is 17.0. The van der Waals surface area contributed by atoms with Crippen LogP contribution in [0.4, 0.5) is 0 Å². The first-order valence-corrected chi connectivity index (χ1v) is 18.4. The van der Waals surface area contributed by atoms with Gasteiger partial charge in [0.05, 0.1) is 12.0 Å². The van der Waals surface area contributed by atoms with E-state index in [1.165, 1.54) is 11.8 Å². The van der Waals surface area contributed by atoms with Gasteiger partial charge in [0.1, 0.15) is 31.5 Å². The molecule has 0 aliphatic carbocycles. The molecule has 2 saturated heterocycles. The summed E-state index contributed by atoms with van der Waals surface area (Å²) in [7, 11) is 0. The first-order chi connectivity index (χ1) is 25.9. The lowest BCUT2D eigenvalue weighted by molar-refractivity contribution is -0.361. The minimum Gasteiger partial charge on any atom is -0.463 e. The molecule has 0 aromatic heterocycles. The standard InChI is InChI=1S/C35H45ClO18S/c1-17(37)44-14-26-28(47-19(3)39)30(48-20(4)40)33(51-23(7)43)35(53-26)54-29-27(15-45-18(2)38)52-34(32(50-22(6)42)31(29)49-21(5)41)46-13-24(36)16-55-25-11-9-8-10-12-25/h8-12,24,26-35H,13-16H2,1-7H3/t24?,26-,27-,28-,29-,30+,31+,32-,33-,34-,35-/m1/s1. The van der Waals surface area contributed by atoms with Crippen LogP contribution >= 0.6 is 23.4 Å². The lowest BCUT2D eigenvalue weighted by Gasteiger charge is -2.48. The molecule has 2 fully saturated rings. The molecule has 3 rings (SSSR count). The predicted octanol–water partition coefficient (Wildman–Crippen LogP) is 2.02. The number of hydrogen-bond donors (Lipinski definition) is 0. The summed E-state index contributed by atoms with van der Waals surface area (Å²) in [5.74, 6) is -5.48. The van der Waals surface area contributed by atoms with Crippen LogP contribution in [0.1, 0.15) is 48.5 Å². The van der Waals surface area contributed by atoms with E-state index in [1.807, 2.05) is 30.3 Å². The highest BCUT2D eigenvalue weighted by Crippen LogP contribution is 2.36. The Labute approximate surface area is 326 Å². The summed E-state index contributed by atoms with van der Waals surface area (Å²) in [6, 6.07) is 9.44. The maximum atomic E-state index is 12.6. The van der Waals surface area contributed by atoms with Gasteiger partial charge in [-0.15, -0.1) is 23.4 Å². The van der Waals surface area contributed by atoms with Crippen molar-refractivity contribution in [1.29, 1.82) is 0 Å². The van der Waals surface area contributed by atoms with Crippen LogP contribution in [0.5, 0.6) is 0 Å². The minimum absolute atomic E-state index is 0.151. The van der Waals surface area contributed by atoms with Gasteiger partial charge in [-0.1, -0.05) is 18.2 Å². The van der Waals surface area contributed by atoms with Crippen molar-refractivity contribution in [2.24, 2.45) is 0 Å². The normalized spacial score (nSPS) is 28.1. The molecular formula is C35H45ClO18S. The monoisotopic (exact) mass is 820 g/mol. The highest BCUT2D eigenvalue weighted by atomic mass is 35.5. The van der Waals surface area contributed by atoms with Gasteiger partial charge in [0, 0.05) is 59.1 Å². The quantitative estimate of drug-likeness (QED) is 0.0949. The van der Waals surface area contributed by atoms with Crippen LogP contribution in [-0.2, 0) is 85.7 Å². The van der Waals surface area contributed by atoms with E-state index in [0.29, 0.717) is 5.75 Å². The minimum atomic E-state index is -1.80. The van der Waals surface area contributed by atoms with E-state index in [-0.39, 0.29) is 6.61 Å². The molecule has 18 nitrogen and oxygen atoms in total. The zero-order chi connectivity index (χ0) is 40.8. The number of alkyl halides is 1. The van der Waals surface area contributed by atoms with Crippen molar-refractivity contribution in [3.05, 3.63) is 30.3 Å². The highest BCUT2D eigenvalue weighted by molar-refractivity contribution is 7.99. The molecule has 11 atom stereocenters. The van der Waals surface area contributed by atoms with E-state index in [4.69, 9.17) is 63.7 Å². The third-order valence-corrected chi connectivity index (χ3v) is 9.14. The van der Waals surface area contributed by atoms with E-state index in [2.05, 4.69) is 0 Å². The second-order valence-corrected chi connectivity index (χ2v) is 13.9. The summed E-state index contributed by atoms with van der Waals surface area (Å²) < 4.78 is 62.6. The molecule has 55 heavy (non-hydrogen) atoms. The number of carbonyl (C=O) groups excluding carboxylic acids is 7. The summed E-state index contributed by atoms with van der Waals surface area (Å²) >= 11 is 8.05. The van der Waals surface area contributed by atoms with Crippen LogP contribution in [0.15, 0.2) is 35.2 Å². The zero-order valence-corrected chi connectivity index (χ0v) is 32.8. The van der Waals surface area contributed by atoms with Crippen LogP contribution in [0.3, 0.4) is 0 Å². The van der Waals surface area contributed by atoms with Crippen molar-refractivity contribution < 1.29 is 85.7 Å². The molecule has 0 spiro atoms. The average molecular weight is 821 g/mol. The fraction of sp³-hybridized carbons (Fsp3) is 0.629. The van der Waals surface area contributed by atoms with E-state index < -0.39 is 122 Å². The number of carbonyl (C=O) groups is 7. The molecule has 1 aromatic carbocycles. The fourth-order valence-electron chi connectivity index (χ4n) is 5.56. The molecule has 0 bridgehead atoms. The molecule has 1 unspecified atom stereocenters. The molecule has 1 aromatic rings. The van der Waals surface area contributed by atoms with Crippen LogP contribution in [-0.4, -0.2) is 134 Å². The average Bonchev–Trinajstić information content (AvgIpc) is 3.08. The molecule has 2 aliphatic rings. The number of ether oxygens (including phenoxy) is 11. The Morgan fingerprint density at radius 3 is 1.49 bits per heavy atom. The fourth-order valence-corrected chi connectivity index (χ4v) is 6.64. The van der Waals surface area contributed by atoms with Gasteiger partial charge in [0.2, 0.25) is 0 Å². The van der Waals surface area contributed by atoms with Crippen molar-refractivity contribution in [3.63, 3.8) is 0 Å². The maximum Gasteiger partial charge on any atom is 0.303 e. The van der Waals surface area contributed by atoms with E-state index in [0.717, 1.165) is 53.4 Å². The molecule has 0 N–H and O–H groups in total. The molecule has 0 saturated carbocycles. The topological polar surface area (TPSA) is 221 Å². The number of esters is 7. The van der Waals surface area contributed by atoms with E-state index in [1.54, 1.807) is 0 Å². The Morgan fingerprint density at radius 1 is 0.582 bits per heavy atom. The Bertz CT molecular complexity index is 1490. The lowest BCUT2D eigenvalue weighted by atomic mass is 9.96. The Balaban J connectivity index is 2.06. The number of halogens is 1. The van der Waals surface area contributed by atoms with Gasteiger partial charge in [-0.2, -0.15) is 0 Å². The summed E-state index contributed by atoms with van der Waals surface area (Å²) in [5, 5.41) is -0.600. The Morgan fingerprint density at radius 2 is 1.00 bits per heavy atom. The summed E-state index contributed by atoms with van der Waals surface area (Å²) in [6.07, 6.45) is -15.6. The van der Waals surface area contributed by atoms with Gasteiger partial charge in [-0.05, 0) is 12.1 Å².